The van der Waals surface area contributed by atoms with E-state index < -0.39 is 0 Å². The quantitative estimate of drug-likeness (QED) is 0.440. The molecule has 0 bridgehead atoms. The fourth-order valence-corrected chi connectivity index (χ4v) is 4.89. The van der Waals surface area contributed by atoms with Crippen LogP contribution in [0, 0.1) is 13.8 Å². The van der Waals surface area contributed by atoms with E-state index in [4.69, 9.17) is 14.5 Å². The molecule has 6 nitrogen and oxygen atoms in total. The zero-order chi connectivity index (χ0) is 23.5. The molecule has 2 heterocycles. The Labute approximate surface area is 198 Å². The summed E-state index contributed by atoms with van der Waals surface area (Å²) in [4.78, 5) is 20.2. The normalized spacial score (nSPS) is 16.2. The van der Waals surface area contributed by atoms with Gasteiger partial charge in [0, 0.05) is 23.6 Å². The van der Waals surface area contributed by atoms with Gasteiger partial charge in [0.2, 0.25) is 0 Å². The number of benzene rings is 2. The van der Waals surface area contributed by atoms with E-state index in [1.54, 1.807) is 19.1 Å². The summed E-state index contributed by atoms with van der Waals surface area (Å²) in [5.74, 6) is 1.57. The summed E-state index contributed by atoms with van der Waals surface area (Å²) in [6.07, 6.45) is 1.97. The molecule has 2 aromatic carbocycles. The zero-order valence-electron chi connectivity index (χ0n) is 19.5. The van der Waals surface area contributed by atoms with Gasteiger partial charge in [-0.2, -0.15) is 0 Å². The number of hydrogen-bond donors (Lipinski definition) is 0. The van der Waals surface area contributed by atoms with Crippen LogP contribution in [0.3, 0.4) is 0 Å². The Balaban J connectivity index is 1.66. The molecule has 0 N–H and O–H groups in total. The minimum Gasteiger partial charge on any atom is -0.497 e. The molecule has 4 rings (SSSR count). The molecular weight excluding hydrogens is 434 g/mol. The number of carbonyl (C=O) groups excluding carboxylic acids is 1. The number of methoxy groups -OCH3 is 2. The minimum absolute atomic E-state index is 0.0241. The summed E-state index contributed by atoms with van der Waals surface area (Å²) in [6, 6.07) is 17.6. The highest BCUT2D eigenvalue weighted by Gasteiger charge is 2.32. The number of likely N-dealkylation sites (N-methyl/N-ethyl adjacent to an activating group) is 1. The van der Waals surface area contributed by atoms with Crippen LogP contribution in [0.5, 0.6) is 11.5 Å². The predicted molar refractivity (Wildman–Crippen MR) is 135 cm³/mol. The average Bonchev–Trinajstić information content (AvgIpc) is 3.28. The Morgan fingerprint density at radius 2 is 1.58 bits per heavy atom. The van der Waals surface area contributed by atoms with Crippen molar-refractivity contribution in [2.24, 2.45) is 4.99 Å². The monoisotopic (exact) mass is 461 g/mol. The third kappa shape index (κ3) is 4.54. The van der Waals surface area contributed by atoms with Crippen LogP contribution in [-0.4, -0.2) is 41.3 Å². The summed E-state index contributed by atoms with van der Waals surface area (Å²) >= 11 is 1.41. The highest BCUT2D eigenvalue weighted by Crippen LogP contribution is 2.35. The molecule has 0 aliphatic carbocycles. The molecule has 0 saturated carbocycles. The van der Waals surface area contributed by atoms with Gasteiger partial charge in [0.15, 0.2) is 5.17 Å². The Hall–Kier alpha value is -3.45. The Bertz CT molecular complexity index is 1220. The van der Waals surface area contributed by atoms with Gasteiger partial charge in [-0.3, -0.25) is 9.69 Å². The van der Waals surface area contributed by atoms with Crippen LogP contribution in [0.2, 0.25) is 0 Å². The molecule has 0 spiro atoms. The second kappa shape index (κ2) is 9.58. The first-order valence-electron chi connectivity index (χ1n) is 10.7. The molecule has 1 aromatic heterocycles. The van der Waals surface area contributed by atoms with Crippen LogP contribution in [0.15, 0.2) is 64.5 Å². The summed E-state index contributed by atoms with van der Waals surface area (Å²) in [5.41, 5.74) is 5.02. The zero-order valence-corrected chi connectivity index (χ0v) is 20.3. The first kappa shape index (κ1) is 22.7. The van der Waals surface area contributed by atoms with E-state index in [9.17, 15) is 4.79 Å². The molecule has 1 fully saturated rings. The maximum Gasteiger partial charge on any atom is 0.266 e. The van der Waals surface area contributed by atoms with Crippen LogP contribution in [-0.2, 0) is 4.79 Å². The number of carbonyl (C=O) groups is 1. The molecule has 3 aromatic rings. The Morgan fingerprint density at radius 1 is 0.970 bits per heavy atom. The Morgan fingerprint density at radius 3 is 2.15 bits per heavy atom. The van der Waals surface area contributed by atoms with Crippen molar-refractivity contribution in [3.8, 4) is 17.2 Å². The second-order valence-electron chi connectivity index (χ2n) is 7.61. The number of aromatic nitrogens is 1. The number of hydrogen-bond acceptors (Lipinski definition) is 5. The van der Waals surface area contributed by atoms with Crippen molar-refractivity contribution in [3.63, 3.8) is 0 Å². The van der Waals surface area contributed by atoms with Gasteiger partial charge in [-0.1, -0.05) is 0 Å². The van der Waals surface area contributed by atoms with E-state index in [1.165, 1.54) is 11.8 Å². The van der Waals surface area contributed by atoms with Gasteiger partial charge in [0.25, 0.3) is 5.91 Å². The van der Waals surface area contributed by atoms with Crippen molar-refractivity contribution in [2.45, 2.75) is 20.8 Å². The number of amides is 1. The van der Waals surface area contributed by atoms with E-state index in [1.807, 2.05) is 61.5 Å². The maximum absolute atomic E-state index is 13.1. The van der Waals surface area contributed by atoms with E-state index in [-0.39, 0.29) is 5.91 Å². The smallest absolute Gasteiger partial charge is 0.266 e. The van der Waals surface area contributed by atoms with Gasteiger partial charge < -0.3 is 14.0 Å². The summed E-state index contributed by atoms with van der Waals surface area (Å²) in [6.45, 7) is 6.65. The molecule has 0 radical (unpaired) electrons. The number of aliphatic imine (C=N–C) groups is 1. The van der Waals surface area contributed by atoms with E-state index in [2.05, 4.69) is 24.5 Å². The summed E-state index contributed by atoms with van der Waals surface area (Å²) in [7, 11) is 3.29. The van der Waals surface area contributed by atoms with Gasteiger partial charge in [0.05, 0.1) is 24.8 Å². The molecule has 7 heteroatoms. The third-order valence-electron chi connectivity index (χ3n) is 5.59. The number of ether oxygens (including phenoxy) is 2. The van der Waals surface area contributed by atoms with Crippen LogP contribution in [0.25, 0.3) is 11.8 Å². The average molecular weight is 462 g/mol. The fraction of sp³-hybridized carbons (Fsp3) is 0.231. The van der Waals surface area contributed by atoms with Gasteiger partial charge in [-0.15, -0.1) is 0 Å². The van der Waals surface area contributed by atoms with Crippen molar-refractivity contribution in [1.29, 1.82) is 0 Å². The van der Waals surface area contributed by atoms with E-state index in [0.717, 1.165) is 39.8 Å². The van der Waals surface area contributed by atoms with Crippen LogP contribution >= 0.6 is 11.8 Å². The first-order chi connectivity index (χ1) is 15.9. The topological polar surface area (TPSA) is 56.1 Å². The van der Waals surface area contributed by atoms with Gasteiger partial charge >= 0.3 is 0 Å². The number of amidine groups is 1. The van der Waals surface area contributed by atoms with Crippen molar-refractivity contribution < 1.29 is 14.3 Å². The molecule has 33 heavy (non-hydrogen) atoms. The van der Waals surface area contributed by atoms with Crippen LogP contribution in [0.4, 0.5) is 5.69 Å². The SMILES string of the molecule is CCN1C(=O)/C(=C\c2cc(C)n(-c3ccc(OC)cc3)c2C)SC1=Nc1ccc(OC)cc1. The molecule has 0 atom stereocenters. The van der Waals surface area contributed by atoms with E-state index in [0.29, 0.717) is 16.6 Å². The van der Waals surface area contributed by atoms with Crippen LogP contribution in [0.1, 0.15) is 23.9 Å². The highest BCUT2D eigenvalue weighted by atomic mass is 32.2. The lowest BCUT2D eigenvalue weighted by molar-refractivity contribution is -0.122. The number of thioether (sulfide) groups is 1. The van der Waals surface area contributed by atoms with E-state index >= 15 is 0 Å². The Kier molecular flexibility index (Phi) is 6.60. The third-order valence-corrected chi connectivity index (χ3v) is 6.60. The number of rotatable bonds is 6. The van der Waals surface area contributed by atoms with Crippen molar-refractivity contribution >= 4 is 34.6 Å². The second-order valence-corrected chi connectivity index (χ2v) is 8.62. The number of aryl methyl sites for hydroxylation is 1. The van der Waals surface area contributed by atoms with Crippen LogP contribution < -0.4 is 9.47 Å². The molecule has 1 aliphatic rings. The lowest BCUT2D eigenvalue weighted by atomic mass is 10.2. The molecule has 1 amide bonds. The standard InChI is InChI=1S/C26H27N3O3S/c1-6-28-25(30)24(33-26(28)27-20-7-11-22(31-4)12-8-20)16-19-15-17(2)29(18(19)3)21-9-13-23(32-5)14-10-21/h7-16H,6H2,1-5H3/b24-16+,27-26?. The molecule has 170 valence electrons. The summed E-state index contributed by atoms with van der Waals surface area (Å²) < 4.78 is 12.7. The van der Waals surface area contributed by atoms with Crippen molar-refractivity contribution in [3.05, 3.63) is 76.5 Å². The first-order valence-corrected chi connectivity index (χ1v) is 11.5. The summed E-state index contributed by atoms with van der Waals surface area (Å²) in [5, 5.41) is 0.683. The van der Waals surface area contributed by atoms with Gasteiger partial charge in [0.1, 0.15) is 11.5 Å². The fourth-order valence-electron chi connectivity index (χ4n) is 3.84. The minimum atomic E-state index is -0.0241. The highest BCUT2D eigenvalue weighted by molar-refractivity contribution is 8.18. The molecular formula is C26H27N3O3S. The maximum atomic E-state index is 13.1. The predicted octanol–water partition coefficient (Wildman–Crippen LogP) is 5.74. The molecule has 0 unspecified atom stereocenters. The van der Waals surface area contributed by atoms with Crippen molar-refractivity contribution in [1.82, 2.24) is 9.47 Å². The van der Waals surface area contributed by atoms with Crippen molar-refractivity contribution in [2.75, 3.05) is 20.8 Å². The van der Waals surface area contributed by atoms with Gasteiger partial charge in [-0.25, -0.2) is 4.99 Å². The lowest BCUT2D eigenvalue weighted by Gasteiger charge is -2.12. The lowest BCUT2D eigenvalue weighted by Crippen LogP contribution is -2.28. The molecule has 1 aliphatic heterocycles. The van der Waals surface area contributed by atoms with Gasteiger partial charge in [-0.05, 0) is 98.8 Å². The molecule has 1 saturated heterocycles. The largest absolute Gasteiger partial charge is 0.497 e. The number of nitrogens with zero attached hydrogens (tertiary/aromatic N) is 3.